The molecule has 8 heteroatoms. The van der Waals surface area contributed by atoms with Gasteiger partial charge in [-0.2, -0.15) is 13.2 Å². The van der Waals surface area contributed by atoms with E-state index in [1.807, 2.05) is 0 Å². The zero-order valence-electron chi connectivity index (χ0n) is 11.4. The first-order valence-corrected chi connectivity index (χ1v) is 6.51. The molecular formula is C14H13F4N2O2. The standard InChI is InChI=1S/C14H13F4N2O2/c15-12-4-3-11(21-7-1-6-14(16,17)18)8-10(12)2-5-13-20-19-9-22-13/h2-4,8-9H,1,5-7H2. The third-order valence-electron chi connectivity index (χ3n) is 2.74. The highest BCUT2D eigenvalue weighted by Crippen LogP contribution is 2.23. The quantitative estimate of drug-likeness (QED) is 0.577. The van der Waals surface area contributed by atoms with Gasteiger partial charge >= 0.3 is 6.18 Å². The summed E-state index contributed by atoms with van der Waals surface area (Å²) in [6.07, 6.45) is -2.32. The minimum absolute atomic E-state index is 0.0890. The first-order valence-electron chi connectivity index (χ1n) is 6.51. The Balaban J connectivity index is 1.86. The van der Waals surface area contributed by atoms with Crippen molar-refractivity contribution in [1.29, 1.82) is 0 Å². The van der Waals surface area contributed by atoms with Crippen LogP contribution < -0.4 is 4.74 Å². The lowest BCUT2D eigenvalue weighted by Crippen LogP contribution is -2.09. The van der Waals surface area contributed by atoms with E-state index in [2.05, 4.69) is 10.2 Å². The molecule has 0 aliphatic carbocycles. The maximum absolute atomic E-state index is 13.6. The highest BCUT2D eigenvalue weighted by Gasteiger charge is 2.26. The fourth-order valence-electron chi connectivity index (χ4n) is 1.71. The van der Waals surface area contributed by atoms with E-state index in [9.17, 15) is 17.6 Å². The molecule has 0 saturated carbocycles. The molecule has 2 rings (SSSR count). The number of aromatic nitrogens is 2. The number of halogens is 4. The molecule has 0 fully saturated rings. The molecule has 1 aromatic heterocycles. The molecule has 0 spiro atoms. The SMILES string of the molecule is Fc1ccc(OCCCC(F)(F)F)cc1[CH]Cc1nnco1. The lowest BCUT2D eigenvalue weighted by molar-refractivity contribution is -0.136. The summed E-state index contributed by atoms with van der Waals surface area (Å²) in [6.45, 7) is -0.0890. The fraction of sp³-hybridized carbons (Fsp3) is 0.357. The third kappa shape index (κ3) is 5.34. The molecular weight excluding hydrogens is 304 g/mol. The molecule has 0 saturated heterocycles. The second-order valence-electron chi connectivity index (χ2n) is 4.49. The van der Waals surface area contributed by atoms with Crippen molar-refractivity contribution in [2.45, 2.75) is 25.4 Å². The molecule has 4 nitrogen and oxygen atoms in total. The Morgan fingerprint density at radius 3 is 2.77 bits per heavy atom. The van der Waals surface area contributed by atoms with Gasteiger partial charge in [-0.1, -0.05) is 0 Å². The second-order valence-corrected chi connectivity index (χ2v) is 4.49. The molecule has 0 unspecified atom stereocenters. The van der Waals surface area contributed by atoms with Gasteiger partial charge in [-0.3, -0.25) is 0 Å². The van der Waals surface area contributed by atoms with Crippen LogP contribution in [0.4, 0.5) is 17.6 Å². The molecule has 22 heavy (non-hydrogen) atoms. The van der Waals surface area contributed by atoms with Crippen molar-refractivity contribution in [1.82, 2.24) is 10.2 Å². The number of alkyl halides is 3. The number of benzene rings is 1. The number of nitrogens with zero attached hydrogens (tertiary/aromatic N) is 2. The summed E-state index contributed by atoms with van der Waals surface area (Å²) in [7, 11) is 0. The van der Waals surface area contributed by atoms with Crippen LogP contribution >= 0.6 is 0 Å². The van der Waals surface area contributed by atoms with Crippen LogP contribution in [0.15, 0.2) is 29.0 Å². The minimum atomic E-state index is -4.20. The van der Waals surface area contributed by atoms with Crippen LogP contribution in [0.3, 0.4) is 0 Å². The highest BCUT2D eigenvalue weighted by atomic mass is 19.4. The Labute approximate surface area is 124 Å². The molecule has 1 radical (unpaired) electrons. The predicted molar refractivity (Wildman–Crippen MR) is 68.6 cm³/mol. The normalized spacial score (nSPS) is 11.6. The van der Waals surface area contributed by atoms with Gasteiger partial charge in [-0.05, 0) is 30.2 Å². The summed E-state index contributed by atoms with van der Waals surface area (Å²) >= 11 is 0. The lowest BCUT2D eigenvalue weighted by atomic mass is 10.1. The molecule has 119 valence electrons. The van der Waals surface area contributed by atoms with Crippen LogP contribution in [-0.2, 0) is 6.42 Å². The van der Waals surface area contributed by atoms with Crippen LogP contribution in [0.25, 0.3) is 0 Å². The number of hydrogen-bond acceptors (Lipinski definition) is 4. The van der Waals surface area contributed by atoms with E-state index in [1.165, 1.54) is 31.0 Å². The van der Waals surface area contributed by atoms with Crippen LogP contribution in [0.2, 0.25) is 0 Å². The van der Waals surface area contributed by atoms with Gasteiger partial charge in [0.1, 0.15) is 11.6 Å². The molecule has 1 aromatic carbocycles. The molecule has 2 aromatic rings. The molecule has 0 aliphatic heterocycles. The van der Waals surface area contributed by atoms with Crippen molar-refractivity contribution < 1.29 is 26.7 Å². The van der Waals surface area contributed by atoms with Gasteiger partial charge in [0.15, 0.2) is 0 Å². The topological polar surface area (TPSA) is 48.2 Å². The van der Waals surface area contributed by atoms with E-state index >= 15 is 0 Å². The summed E-state index contributed by atoms with van der Waals surface area (Å²) in [5, 5.41) is 7.16. The molecule has 0 aliphatic rings. The molecule has 0 N–H and O–H groups in total. The van der Waals surface area contributed by atoms with Crippen LogP contribution in [0.1, 0.15) is 24.3 Å². The number of rotatable bonds is 7. The average Bonchev–Trinajstić information content (AvgIpc) is 2.96. The molecule has 0 amide bonds. The van der Waals surface area contributed by atoms with E-state index in [1.54, 1.807) is 0 Å². The average molecular weight is 317 g/mol. The summed E-state index contributed by atoms with van der Waals surface area (Å²) in [5.41, 5.74) is 0.256. The Kier molecular flexibility index (Phi) is 5.35. The lowest BCUT2D eigenvalue weighted by Gasteiger charge is -2.09. The van der Waals surface area contributed by atoms with Gasteiger partial charge < -0.3 is 9.15 Å². The van der Waals surface area contributed by atoms with Crippen molar-refractivity contribution in [3.63, 3.8) is 0 Å². The number of hydrogen-bond donors (Lipinski definition) is 0. The zero-order chi connectivity index (χ0) is 16.0. The van der Waals surface area contributed by atoms with E-state index in [4.69, 9.17) is 9.15 Å². The van der Waals surface area contributed by atoms with Crippen molar-refractivity contribution in [3.05, 3.63) is 48.3 Å². The van der Waals surface area contributed by atoms with Gasteiger partial charge in [0.2, 0.25) is 12.3 Å². The summed E-state index contributed by atoms with van der Waals surface area (Å²) in [4.78, 5) is 0. The monoisotopic (exact) mass is 317 g/mol. The highest BCUT2D eigenvalue weighted by molar-refractivity contribution is 5.34. The molecule has 1 heterocycles. The van der Waals surface area contributed by atoms with E-state index in [-0.39, 0.29) is 25.0 Å². The Hall–Kier alpha value is -2.12. The van der Waals surface area contributed by atoms with Crippen LogP contribution in [-0.4, -0.2) is 23.0 Å². The van der Waals surface area contributed by atoms with Gasteiger partial charge in [0, 0.05) is 19.3 Å². The van der Waals surface area contributed by atoms with Gasteiger partial charge in [-0.15, -0.1) is 10.2 Å². The maximum atomic E-state index is 13.6. The van der Waals surface area contributed by atoms with Crippen molar-refractivity contribution in [2.75, 3.05) is 6.61 Å². The van der Waals surface area contributed by atoms with Gasteiger partial charge in [-0.25, -0.2) is 4.39 Å². The van der Waals surface area contributed by atoms with Gasteiger partial charge in [0.25, 0.3) is 0 Å². The van der Waals surface area contributed by atoms with Crippen molar-refractivity contribution in [2.24, 2.45) is 0 Å². The van der Waals surface area contributed by atoms with E-state index < -0.39 is 18.4 Å². The Morgan fingerprint density at radius 1 is 1.27 bits per heavy atom. The van der Waals surface area contributed by atoms with Crippen molar-refractivity contribution >= 4 is 0 Å². The van der Waals surface area contributed by atoms with Crippen molar-refractivity contribution in [3.8, 4) is 5.75 Å². The third-order valence-corrected chi connectivity index (χ3v) is 2.74. The van der Waals surface area contributed by atoms with E-state index in [0.29, 0.717) is 11.6 Å². The first-order chi connectivity index (χ1) is 10.4. The fourth-order valence-corrected chi connectivity index (χ4v) is 1.71. The van der Waals surface area contributed by atoms with Crippen LogP contribution in [0.5, 0.6) is 5.75 Å². The summed E-state index contributed by atoms with van der Waals surface area (Å²) < 4.78 is 59.8. The molecule has 0 bridgehead atoms. The first kappa shape index (κ1) is 16.3. The minimum Gasteiger partial charge on any atom is -0.494 e. The maximum Gasteiger partial charge on any atom is 0.389 e. The predicted octanol–water partition coefficient (Wildman–Crippen LogP) is 3.73. The smallest absolute Gasteiger partial charge is 0.389 e. The van der Waals surface area contributed by atoms with E-state index in [0.717, 1.165) is 0 Å². The zero-order valence-corrected chi connectivity index (χ0v) is 11.4. The molecule has 0 atom stereocenters. The second kappa shape index (κ2) is 7.24. The summed E-state index contributed by atoms with van der Waals surface area (Å²) in [6, 6.07) is 3.98. The van der Waals surface area contributed by atoms with Crippen LogP contribution in [0, 0.1) is 12.2 Å². The number of ether oxygens (including phenoxy) is 1. The van der Waals surface area contributed by atoms with Gasteiger partial charge in [0.05, 0.1) is 6.61 Å². The summed E-state index contributed by atoms with van der Waals surface area (Å²) in [5.74, 6) is 0.165. The Morgan fingerprint density at radius 2 is 2.09 bits per heavy atom. The largest absolute Gasteiger partial charge is 0.494 e. The Bertz CT molecular complexity index is 585.